The van der Waals surface area contributed by atoms with E-state index >= 15 is 0 Å². The molecule has 0 saturated heterocycles. The minimum absolute atomic E-state index is 0.521. The molecule has 0 amide bonds. The summed E-state index contributed by atoms with van der Waals surface area (Å²) in [5, 5.41) is 10.5. The number of H-pyrrole nitrogens is 1. The van der Waals surface area contributed by atoms with Gasteiger partial charge in [0.25, 0.3) is 0 Å². The van der Waals surface area contributed by atoms with Crippen molar-refractivity contribution in [3.63, 3.8) is 0 Å². The third-order valence-electron chi connectivity index (χ3n) is 5.04. The van der Waals surface area contributed by atoms with Crippen molar-refractivity contribution in [2.45, 2.75) is 19.4 Å². The fourth-order valence-electron chi connectivity index (χ4n) is 3.60. The van der Waals surface area contributed by atoms with Gasteiger partial charge in [0.2, 0.25) is 10.0 Å². The molecule has 0 fully saturated rings. The van der Waals surface area contributed by atoms with Gasteiger partial charge in [-0.15, -0.1) is 0 Å². The third-order valence-corrected chi connectivity index (χ3v) is 5.65. The van der Waals surface area contributed by atoms with Crippen LogP contribution in [0.1, 0.15) is 30.8 Å². The first kappa shape index (κ1) is 21.8. The molecule has 0 bridgehead atoms. The van der Waals surface area contributed by atoms with Crippen LogP contribution in [0.2, 0.25) is 0 Å². The molecule has 0 aliphatic rings. The van der Waals surface area contributed by atoms with Crippen LogP contribution in [0, 0.1) is 0 Å². The Balaban J connectivity index is 1.59. The summed E-state index contributed by atoms with van der Waals surface area (Å²) in [4.78, 5) is 7.94. The first-order valence-corrected chi connectivity index (χ1v) is 12.1. The highest BCUT2D eigenvalue weighted by molar-refractivity contribution is 7.92. The summed E-state index contributed by atoms with van der Waals surface area (Å²) in [6.45, 7) is 3.57. The molecule has 32 heavy (non-hydrogen) atoms. The van der Waals surface area contributed by atoms with Gasteiger partial charge in [-0.1, -0.05) is 48.5 Å². The number of hydrogen-bond acceptors (Lipinski definition) is 4. The van der Waals surface area contributed by atoms with Crippen LogP contribution in [0.25, 0.3) is 34.3 Å². The summed E-state index contributed by atoms with van der Waals surface area (Å²) >= 11 is 0. The van der Waals surface area contributed by atoms with E-state index in [1.165, 1.54) is 0 Å². The Kier molecular flexibility index (Phi) is 5.62. The van der Waals surface area contributed by atoms with Gasteiger partial charge in [0.15, 0.2) is 0 Å². The molecule has 0 aliphatic heterocycles. The molecular formula is C25H25N3O3S. The zero-order chi connectivity index (χ0) is 22.9. The minimum atomic E-state index is -3.29. The van der Waals surface area contributed by atoms with Gasteiger partial charge in [0, 0.05) is 5.69 Å². The van der Waals surface area contributed by atoms with Crippen molar-refractivity contribution in [2.75, 3.05) is 11.0 Å². The van der Waals surface area contributed by atoms with E-state index in [0.29, 0.717) is 11.5 Å². The molecule has 7 heteroatoms. The van der Waals surface area contributed by atoms with E-state index in [1.54, 1.807) is 26.0 Å². The first-order chi connectivity index (χ1) is 15.1. The van der Waals surface area contributed by atoms with E-state index < -0.39 is 15.6 Å². The van der Waals surface area contributed by atoms with E-state index in [2.05, 4.69) is 14.7 Å². The number of aromatic amines is 1. The second kappa shape index (κ2) is 8.26. The summed E-state index contributed by atoms with van der Waals surface area (Å²) in [6.07, 6.45) is 4.91. The number of aliphatic hydroxyl groups is 1. The van der Waals surface area contributed by atoms with Crippen molar-refractivity contribution in [1.82, 2.24) is 9.97 Å². The summed E-state index contributed by atoms with van der Waals surface area (Å²) < 4.78 is 25.1. The molecule has 0 radical (unpaired) electrons. The van der Waals surface area contributed by atoms with E-state index in [9.17, 15) is 13.5 Å². The Morgan fingerprint density at radius 1 is 1.00 bits per heavy atom. The molecule has 3 aromatic carbocycles. The van der Waals surface area contributed by atoms with Gasteiger partial charge >= 0.3 is 0 Å². The molecule has 1 heterocycles. The lowest BCUT2D eigenvalue weighted by Gasteiger charge is -2.21. The van der Waals surface area contributed by atoms with Gasteiger partial charge in [0.1, 0.15) is 5.82 Å². The van der Waals surface area contributed by atoms with E-state index in [0.717, 1.165) is 39.5 Å². The Morgan fingerprint density at radius 3 is 2.41 bits per heavy atom. The average molecular weight is 448 g/mol. The van der Waals surface area contributed by atoms with E-state index in [-0.39, 0.29) is 0 Å². The molecule has 0 unspecified atom stereocenters. The van der Waals surface area contributed by atoms with Gasteiger partial charge in [-0.2, -0.15) is 0 Å². The van der Waals surface area contributed by atoms with Crippen LogP contribution >= 0.6 is 0 Å². The van der Waals surface area contributed by atoms with Gasteiger partial charge in [0.05, 0.1) is 22.9 Å². The smallest absolute Gasteiger partial charge is 0.229 e. The number of imidazole rings is 1. The normalized spacial score (nSPS) is 12.5. The average Bonchev–Trinajstić information content (AvgIpc) is 3.14. The summed E-state index contributed by atoms with van der Waals surface area (Å²) in [5.74, 6) is 0.714. The Hall–Kier alpha value is -3.42. The van der Waals surface area contributed by atoms with Crippen LogP contribution in [-0.4, -0.2) is 29.7 Å². The fourth-order valence-corrected chi connectivity index (χ4v) is 4.16. The van der Waals surface area contributed by atoms with Crippen molar-refractivity contribution in [3.8, 4) is 11.1 Å². The van der Waals surface area contributed by atoms with Crippen LogP contribution in [0.3, 0.4) is 0 Å². The maximum Gasteiger partial charge on any atom is 0.229 e. The van der Waals surface area contributed by atoms with Crippen LogP contribution < -0.4 is 4.72 Å². The maximum atomic E-state index is 11.3. The number of benzene rings is 3. The number of fused-ring (bicyclic) bond motifs is 1. The number of hydrogen-bond donors (Lipinski definition) is 3. The lowest BCUT2D eigenvalue weighted by molar-refractivity contribution is 0.0792. The topological polar surface area (TPSA) is 95.1 Å². The largest absolute Gasteiger partial charge is 0.386 e. The molecule has 0 saturated carbocycles. The van der Waals surface area contributed by atoms with Crippen molar-refractivity contribution >= 4 is 38.9 Å². The third kappa shape index (κ3) is 5.07. The monoisotopic (exact) mass is 447 g/mol. The lowest BCUT2D eigenvalue weighted by Crippen LogP contribution is -2.16. The highest BCUT2D eigenvalue weighted by Gasteiger charge is 2.20. The lowest BCUT2D eigenvalue weighted by atomic mass is 9.89. The van der Waals surface area contributed by atoms with Crippen molar-refractivity contribution < 1.29 is 13.5 Å². The molecule has 6 nitrogen and oxygen atoms in total. The van der Waals surface area contributed by atoms with Crippen LogP contribution in [0.5, 0.6) is 0 Å². The fraction of sp³-hybridized carbons (Fsp3) is 0.160. The predicted octanol–water partition coefficient (Wildman–Crippen LogP) is 5.00. The van der Waals surface area contributed by atoms with Gasteiger partial charge in [-0.05, 0) is 66.4 Å². The van der Waals surface area contributed by atoms with Crippen molar-refractivity contribution in [2.24, 2.45) is 0 Å². The van der Waals surface area contributed by atoms with Gasteiger partial charge in [-0.3, -0.25) is 4.72 Å². The second-order valence-electron chi connectivity index (χ2n) is 8.29. The molecule has 164 valence electrons. The predicted molar refractivity (Wildman–Crippen MR) is 131 cm³/mol. The second-order valence-corrected chi connectivity index (χ2v) is 10.0. The number of rotatable bonds is 6. The Bertz CT molecular complexity index is 1400. The number of aromatic nitrogens is 2. The van der Waals surface area contributed by atoms with Crippen molar-refractivity contribution in [3.05, 3.63) is 83.7 Å². The molecule has 4 aromatic rings. The molecule has 0 spiro atoms. The molecular weight excluding hydrogens is 422 g/mol. The van der Waals surface area contributed by atoms with Crippen LogP contribution in [0.15, 0.2) is 66.7 Å². The molecule has 0 aliphatic carbocycles. The summed E-state index contributed by atoms with van der Waals surface area (Å²) in [6, 6.07) is 20.9. The summed E-state index contributed by atoms with van der Waals surface area (Å²) in [5.41, 5.74) is 5.10. The highest BCUT2D eigenvalue weighted by Crippen LogP contribution is 2.32. The molecule has 0 atom stereocenters. The molecule has 4 rings (SSSR count). The quantitative estimate of drug-likeness (QED) is 0.388. The maximum absolute atomic E-state index is 11.3. The number of sulfonamides is 1. The minimum Gasteiger partial charge on any atom is -0.386 e. The zero-order valence-electron chi connectivity index (χ0n) is 18.1. The first-order valence-electron chi connectivity index (χ1n) is 10.2. The van der Waals surface area contributed by atoms with E-state index in [4.69, 9.17) is 0 Å². The van der Waals surface area contributed by atoms with Crippen LogP contribution in [-0.2, 0) is 15.6 Å². The standard InChI is InChI=1S/C25H25N3O3S/c1-25(2,29)21-7-5-4-6-20(21)18-11-14-22-23(16-18)27-24(26-22)15-10-17-8-12-19(13-9-17)28-32(3,30)31/h4-16,28-29H,1-3H3,(H,26,27)/b15-10+. The Morgan fingerprint density at radius 2 is 1.72 bits per heavy atom. The Labute approximate surface area is 187 Å². The van der Waals surface area contributed by atoms with Gasteiger partial charge in [-0.25, -0.2) is 13.4 Å². The molecule has 1 aromatic heterocycles. The van der Waals surface area contributed by atoms with Gasteiger partial charge < -0.3 is 10.1 Å². The van der Waals surface area contributed by atoms with Crippen molar-refractivity contribution in [1.29, 1.82) is 0 Å². The highest BCUT2D eigenvalue weighted by atomic mass is 32.2. The number of nitrogens with zero attached hydrogens (tertiary/aromatic N) is 1. The van der Waals surface area contributed by atoms with Crippen LogP contribution in [0.4, 0.5) is 5.69 Å². The number of anilines is 1. The zero-order valence-corrected chi connectivity index (χ0v) is 18.9. The molecule has 3 N–H and O–H groups in total. The number of nitrogens with one attached hydrogen (secondary N) is 2. The van der Waals surface area contributed by atoms with E-state index in [1.807, 2.05) is 66.7 Å². The SMILES string of the molecule is CC(C)(O)c1ccccc1-c1ccc2nc(/C=C/c3ccc(NS(C)(=O)=O)cc3)[nH]c2c1. The summed E-state index contributed by atoms with van der Waals surface area (Å²) in [7, 11) is -3.29.